The molecule has 0 spiro atoms. The second kappa shape index (κ2) is 12.4. The molecule has 0 N–H and O–H groups in total. The minimum atomic E-state index is -0.146. The van der Waals surface area contributed by atoms with Gasteiger partial charge in [0.2, 0.25) is 0 Å². The Labute approximate surface area is 216 Å². The molecule has 3 aromatic rings. The van der Waals surface area contributed by atoms with Crippen LogP contribution in [-0.4, -0.2) is 66.8 Å². The Morgan fingerprint density at radius 3 is 2.63 bits per heavy atom. The van der Waals surface area contributed by atoms with Gasteiger partial charge in [-0.15, -0.1) is 11.8 Å². The van der Waals surface area contributed by atoms with Gasteiger partial charge in [0.15, 0.2) is 0 Å². The van der Waals surface area contributed by atoms with E-state index in [0.29, 0.717) is 30.3 Å². The normalized spacial score (nSPS) is 15.1. The molecular formula is C27H30ClN3O3S. The minimum Gasteiger partial charge on any atom is -0.497 e. The van der Waals surface area contributed by atoms with Gasteiger partial charge in [-0.2, -0.15) is 0 Å². The van der Waals surface area contributed by atoms with Crippen molar-refractivity contribution in [2.24, 2.45) is 0 Å². The first-order chi connectivity index (χ1) is 17.1. The number of benzene rings is 2. The van der Waals surface area contributed by atoms with Crippen molar-refractivity contribution in [3.63, 3.8) is 0 Å². The van der Waals surface area contributed by atoms with Crippen LogP contribution in [0.1, 0.15) is 27.6 Å². The zero-order valence-electron chi connectivity index (χ0n) is 20.0. The Hall–Kier alpha value is -2.58. The maximum atomic E-state index is 13.1. The average Bonchev–Trinajstić information content (AvgIpc) is 2.91. The van der Waals surface area contributed by atoms with Crippen LogP contribution in [-0.2, 0) is 11.3 Å². The lowest BCUT2D eigenvalue weighted by Crippen LogP contribution is -2.49. The summed E-state index contributed by atoms with van der Waals surface area (Å²) in [4.78, 5) is 21.7. The molecule has 0 bridgehead atoms. The third-order valence-corrected chi connectivity index (χ3v) is 7.03. The molecule has 184 valence electrons. The lowest BCUT2D eigenvalue weighted by Gasteiger charge is -2.36. The first kappa shape index (κ1) is 25.5. The van der Waals surface area contributed by atoms with Crippen LogP contribution >= 0.6 is 23.4 Å². The maximum absolute atomic E-state index is 13.1. The van der Waals surface area contributed by atoms with E-state index >= 15 is 0 Å². The number of thioether (sulfide) groups is 1. The van der Waals surface area contributed by atoms with Crippen LogP contribution in [0.4, 0.5) is 0 Å². The molecule has 1 atom stereocenters. The van der Waals surface area contributed by atoms with E-state index in [4.69, 9.17) is 21.1 Å². The zero-order valence-corrected chi connectivity index (χ0v) is 21.6. The number of halogens is 1. The molecule has 1 fully saturated rings. The number of rotatable bonds is 9. The average molecular weight is 512 g/mol. The van der Waals surface area contributed by atoms with Gasteiger partial charge in [-0.05, 0) is 53.8 Å². The van der Waals surface area contributed by atoms with E-state index in [1.165, 1.54) is 11.8 Å². The highest BCUT2D eigenvalue weighted by Gasteiger charge is 2.26. The third kappa shape index (κ3) is 6.76. The second-order valence-electron chi connectivity index (χ2n) is 8.36. The molecule has 0 aliphatic carbocycles. The second-order valence-corrected chi connectivity index (χ2v) is 9.59. The molecule has 1 aliphatic rings. The van der Waals surface area contributed by atoms with E-state index in [2.05, 4.69) is 16.0 Å². The zero-order chi connectivity index (χ0) is 24.6. The molecule has 2 heterocycles. The van der Waals surface area contributed by atoms with Gasteiger partial charge in [0.05, 0.1) is 25.4 Å². The molecule has 8 heteroatoms. The number of aromatic nitrogens is 1. The summed E-state index contributed by atoms with van der Waals surface area (Å²) < 4.78 is 11.8. The lowest BCUT2D eigenvalue weighted by molar-refractivity contribution is 0.00329. The van der Waals surface area contributed by atoms with Crippen LogP contribution in [0.5, 0.6) is 5.75 Å². The fraction of sp³-hybridized carbons (Fsp3) is 0.333. The van der Waals surface area contributed by atoms with E-state index in [0.717, 1.165) is 41.5 Å². The van der Waals surface area contributed by atoms with Gasteiger partial charge in [0.25, 0.3) is 5.91 Å². The molecule has 35 heavy (non-hydrogen) atoms. The Kier molecular flexibility index (Phi) is 9.04. The predicted molar refractivity (Wildman–Crippen MR) is 140 cm³/mol. The van der Waals surface area contributed by atoms with Gasteiger partial charge in [-0.25, -0.2) is 4.98 Å². The minimum absolute atomic E-state index is 0.0450. The van der Waals surface area contributed by atoms with Crippen molar-refractivity contribution in [1.29, 1.82) is 0 Å². The summed E-state index contributed by atoms with van der Waals surface area (Å²) in [5.74, 6) is 0.846. The molecule has 1 aliphatic heterocycles. The Balaban J connectivity index is 1.42. The fourth-order valence-corrected chi connectivity index (χ4v) is 4.93. The van der Waals surface area contributed by atoms with Gasteiger partial charge < -0.3 is 14.4 Å². The topological polar surface area (TPSA) is 54.9 Å². The quantitative estimate of drug-likeness (QED) is 0.369. The van der Waals surface area contributed by atoms with Crippen molar-refractivity contribution in [2.45, 2.75) is 17.7 Å². The smallest absolute Gasteiger partial charge is 0.256 e. The van der Waals surface area contributed by atoms with E-state index in [1.54, 1.807) is 13.3 Å². The van der Waals surface area contributed by atoms with E-state index < -0.39 is 0 Å². The number of hydrogen-bond donors (Lipinski definition) is 0. The van der Waals surface area contributed by atoms with E-state index in [-0.39, 0.29) is 12.0 Å². The maximum Gasteiger partial charge on any atom is 0.256 e. The first-order valence-electron chi connectivity index (χ1n) is 11.6. The SMILES string of the molecule is COc1cccc(C(CN2CCN(C(=O)c3cccnc3SC)CC2)OCc2cccc(Cl)c2)c1. The number of piperazine rings is 1. The largest absolute Gasteiger partial charge is 0.497 e. The lowest BCUT2D eigenvalue weighted by atomic mass is 10.1. The number of pyridine rings is 1. The van der Waals surface area contributed by atoms with Gasteiger partial charge in [-0.1, -0.05) is 35.9 Å². The van der Waals surface area contributed by atoms with Crippen LogP contribution in [0.15, 0.2) is 71.9 Å². The summed E-state index contributed by atoms with van der Waals surface area (Å²) >= 11 is 7.65. The number of methoxy groups -OCH3 is 1. The highest BCUT2D eigenvalue weighted by atomic mass is 35.5. The van der Waals surface area contributed by atoms with E-state index in [1.807, 2.05) is 65.8 Å². The van der Waals surface area contributed by atoms with Crippen LogP contribution in [0.25, 0.3) is 0 Å². The molecule has 1 unspecified atom stereocenters. The van der Waals surface area contributed by atoms with Crippen LogP contribution in [0.2, 0.25) is 5.02 Å². The molecule has 1 aromatic heterocycles. The monoisotopic (exact) mass is 511 g/mol. The molecule has 1 amide bonds. The molecule has 4 rings (SSSR count). The standard InChI is InChI=1S/C27H30ClN3O3S/c1-33-23-9-4-7-21(17-23)25(34-19-20-6-3-8-22(28)16-20)18-30-12-14-31(15-13-30)27(32)24-10-5-11-29-26(24)35-2/h3-11,16-17,25H,12-15,18-19H2,1-2H3. The number of hydrogen-bond acceptors (Lipinski definition) is 6. The van der Waals surface area contributed by atoms with Crippen molar-refractivity contribution in [3.8, 4) is 5.75 Å². The fourth-order valence-electron chi connectivity index (χ4n) is 4.17. The number of carbonyl (C=O) groups excluding carboxylic acids is 1. The highest BCUT2D eigenvalue weighted by molar-refractivity contribution is 7.98. The van der Waals surface area contributed by atoms with E-state index in [9.17, 15) is 4.79 Å². The van der Waals surface area contributed by atoms with Gasteiger partial charge in [0.1, 0.15) is 10.8 Å². The molecule has 2 aromatic carbocycles. The molecule has 0 saturated carbocycles. The molecule has 1 saturated heterocycles. The summed E-state index contributed by atoms with van der Waals surface area (Å²) in [5.41, 5.74) is 2.76. The van der Waals surface area contributed by atoms with Gasteiger partial charge >= 0.3 is 0 Å². The molecule has 6 nitrogen and oxygen atoms in total. The first-order valence-corrected chi connectivity index (χ1v) is 13.2. The highest BCUT2D eigenvalue weighted by Crippen LogP contribution is 2.26. The van der Waals surface area contributed by atoms with Gasteiger partial charge in [-0.3, -0.25) is 9.69 Å². The summed E-state index contributed by atoms with van der Waals surface area (Å²) in [6.07, 6.45) is 3.52. The Morgan fingerprint density at radius 1 is 1.09 bits per heavy atom. The third-order valence-electron chi connectivity index (χ3n) is 6.08. The van der Waals surface area contributed by atoms with Crippen molar-refractivity contribution in [1.82, 2.24) is 14.8 Å². The summed E-state index contributed by atoms with van der Waals surface area (Å²) in [7, 11) is 1.67. The van der Waals surface area contributed by atoms with Crippen molar-refractivity contribution in [2.75, 3.05) is 46.1 Å². The van der Waals surface area contributed by atoms with Gasteiger partial charge in [0, 0.05) is 43.9 Å². The van der Waals surface area contributed by atoms with Crippen molar-refractivity contribution in [3.05, 3.63) is 88.6 Å². The van der Waals surface area contributed by atoms with Crippen molar-refractivity contribution < 1.29 is 14.3 Å². The number of carbonyl (C=O) groups is 1. The number of nitrogens with zero attached hydrogens (tertiary/aromatic N) is 3. The molecular weight excluding hydrogens is 482 g/mol. The van der Waals surface area contributed by atoms with Crippen LogP contribution < -0.4 is 4.74 Å². The van der Waals surface area contributed by atoms with Crippen molar-refractivity contribution >= 4 is 29.3 Å². The predicted octanol–water partition coefficient (Wildman–Crippen LogP) is 5.18. The van der Waals surface area contributed by atoms with Crippen LogP contribution in [0.3, 0.4) is 0 Å². The summed E-state index contributed by atoms with van der Waals surface area (Å²) in [5, 5.41) is 1.47. The summed E-state index contributed by atoms with van der Waals surface area (Å²) in [6.45, 7) is 4.07. The summed E-state index contributed by atoms with van der Waals surface area (Å²) in [6, 6.07) is 19.4. The number of amides is 1. The van der Waals surface area contributed by atoms with Crippen LogP contribution in [0, 0.1) is 0 Å². The Morgan fingerprint density at radius 2 is 1.89 bits per heavy atom. The number of ether oxygens (including phenoxy) is 2. The Bertz CT molecular complexity index is 1140. The molecule has 0 radical (unpaired) electrons.